The Hall–Kier alpha value is -2.57. The molecular formula is C17H12Cl2O6. The van der Waals surface area contributed by atoms with Crippen molar-refractivity contribution in [2.75, 3.05) is 7.11 Å². The van der Waals surface area contributed by atoms with Gasteiger partial charge in [0.1, 0.15) is 5.56 Å². The predicted molar refractivity (Wildman–Crippen MR) is 91.5 cm³/mol. The largest absolute Gasteiger partial charge is 0.494 e. The summed E-state index contributed by atoms with van der Waals surface area (Å²) in [5.74, 6) is -3.23. The van der Waals surface area contributed by atoms with Crippen LogP contribution >= 0.6 is 23.2 Å². The van der Waals surface area contributed by atoms with Gasteiger partial charge < -0.3 is 14.9 Å². The van der Waals surface area contributed by atoms with Crippen LogP contribution in [0.1, 0.15) is 42.2 Å². The second-order valence-corrected chi connectivity index (χ2v) is 5.92. The van der Waals surface area contributed by atoms with E-state index in [1.165, 1.54) is 32.2 Å². The van der Waals surface area contributed by atoms with E-state index in [1.54, 1.807) is 0 Å². The fraction of sp³-hybridized carbons (Fsp3) is 0.118. The van der Waals surface area contributed by atoms with Crippen LogP contribution in [0.5, 0.6) is 5.75 Å². The number of carboxylic acids is 2. The molecule has 8 heteroatoms. The molecule has 0 bridgehead atoms. The third kappa shape index (κ3) is 3.60. The van der Waals surface area contributed by atoms with Gasteiger partial charge in [-0.05, 0) is 36.8 Å². The summed E-state index contributed by atoms with van der Waals surface area (Å²) >= 11 is 12.0. The smallest absolute Gasteiger partial charge is 0.339 e. The monoisotopic (exact) mass is 382 g/mol. The van der Waals surface area contributed by atoms with Gasteiger partial charge in [0.25, 0.3) is 0 Å². The molecule has 2 N–H and O–H groups in total. The van der Waals surface area contributed by atoms with Crippen molar-refractivity contribution in [2.45, 2.75) is 6.92 Å². The molecule has 0 aliphatic heterocycles. The summed E-state index contributed by atoms with van der Waals surface area (Å²) in [6.45, 7) is 1.52. The molecule has 0 aliphatic carbocycles. The van der Waals surface area contributed by atoms with Crippen molar-refractivity contribution in [2.24, 2.45) is 0 Å². The molecule has 0 saturated carbocycles. The van der Waals surface area contributed by atoms with Gasteiger partial charge in [-0.15, -0.1) is 0 Å². The van der Waals surface area contributed by atoms with Crippen molar-refractivity contribution >= 4 is 40.9 Å². The lowest BCUT2D eigenvalue weighted by atomic mass is 9.97. The Morgan fingerprint density at radius 3 is 1.84 bits per heavy atom. The Labute approximate surface area is 152 Å². The molecule has 0 amide bonds. The number of carboxylic acid groups (broad SMARTS) is 2. The lowest BCUT2D eigenvalue weighted by molar-refractivity contribution is 0.0683. The minimum atomic E-state index is -1.32. The van der Waals surface area contributed by atoms with E-state index < -0.39 is 17.7 Å². The number of ketones is 1. The van der Waals surface area contributed by atoms with Crippen LogP contribution in [0, 0.1) is 6.92 Å². The molecule has 0 fully saturated rings. The fourth-order valence-electron chi connectivity index (χ4n) is 2.29. The molecule has 2 aromatic carbocycles. The number of aromatic carboxylic acids is 2. The standard InChI is InChI=1S/C17H12Cl2O6/c1-7-10(16(21)22)3-8(5-12(7)18)14(20)9-4-11(17(23)24)15(25-2)13(19)6-9/h3-6H,1-2H3,(H,21,22)(H,23,24). The second-order valence-electron chi connectivity index (χ2n) is 5.11. The van der Waals surface area contributed by atoms with Gasteiger partial charge in [-0.25, -0.2) is 9.59 Å². The molecule has 2 rings (SSSR count). The topological polar surface area (TPSA) is 101 Å². The van der Waals surface area contributed by atoms with E-state index >= 15 is 0 Å². The van der Waals surface area contributed by atoms with Gasteiger partial charge in [-0.2, -0.15) is 0 Å². The minimum Gasteiger partial charge on any atom is -0.494 e. The Balaban J connectivity index is 2.63. The van der Waals surface area contributed by atoms with Crippen LogP contribution in [0.2, 0.25) is 10.0 Å². The lowest BCUT2D eigenvalue weighted by Crippen LogP contribution is -2.09. The molecule has 0 heterocycles. The Morgan fingerprint density at radius 2 is 1.36 bits per heavy atom. The number of carbonyl (C=O) groups is 3. The van der Waals surface area contributed by atoms with E-state index in [0.29, 0.717) is 5.56 Å². The summed E-state index contributed by atoms with van der Waals surface area (Å²) in [5.41, 5.74) is -0.0985. The summed E-state index contributed by atoms with van der Waals surface area (Å²) in [6, 6.07) is 4.88. The summed E-state index contributed by atoms with van der Waals surface area (Å²) in [7, 11) is 1.26. The summed E-state index contributed by atoms with van der Waals surface area (Å²) in [6.07, 6.45) is 0. The Bertz CT molecular complexity index is 904. The molecule has 6 nitrogen and oxygen atoms in total. The summed E-state index contributed by atoms with van der Waals surface area (Å²) in [5, 5.41) is 18.5. The number of carbonyl (C=O) groups excluding carboxylic acids is 1. The highest BCUT2D eigenvalue weighted by Gasteiger charge is 2.21. The van der Waals surface area contributed by atoms with E-state index in [4.69, 9.17) is 27.9 Å². The van der Waals surface area contributed by atoms with Crippen molar-refractivity contribution < 1.29 is 29.3 Å². The maximum Gasteiger partial charge on any atom is 0.339 e. The van der Waals surface area contributed by atoms with Gasteiger partial charge in [-0.3, -0.25) is 4.79 Å². The normalized spacial score (nSPS) is 10.4. The molecule has 0 saturated heterocycles. The first kappa shape index (κ1) is 18.8. The van der Waals surface area contributed by atoms with Crippen LogP contribution in [0.25, 0.3) is 0 Å². The first-order valence-corrected chi connectivity index (χ1v) is 7.62. The van der Waals surface area contributed by atoms with Crippen LogP contribution in [0.4, 0.5) is 0 Å². The number of methoxy groups -OCH3 is 1. The number of halogens is 2. The quantitative estimate of drug-likeness (QED) is 0.759. The summed E-state index contributed by atoms with van der Waals surface area (Å²) in [4.78, 5) is 35.3. The molecule has 0 aromatic heterocycles. The van der Waals surface area contributed by atoms with Gasteiger partial charge >= 0.3 is 11.9 Å². The number of ether oxygens (including phenoxy) is 1. The highest BCUT2D eigenvalue weighted by molar-refractivity contribution is 6.34. The number of rotatable bonds is 5. The molecule has 2 aromatic rings. The van der Waals surface area contributed by atoms with Gasteiger partial charge in [0, 0.05) is 16.1 Å². The van der Waals surface area contributed by atoms with Crippen molar-refractivity contribution in [3.63, 3.8) is 0 Å². The van der Waals surface area contributed by atoms with Crippen molar-refractivity contribution in [1.29, 1.82) is 0 Å². The second kappa shape index (κ2) is 7.13. The van der Waals surface area contributed by atoms with E-state index in [2.05, 4.69) is 0 Å². The molecule has 0 unspecified atom stereocenters. The Morgan fingerprint density at radius 1 is 0.880 bits per heavy atom. The van der Waals surface area contributed by atoms with Crippen LogP contribution in [-0.2, 0) is 0 Å². The van der Waals surface area contributed by atoms with Crippen LogP contribution < -0.4 is 4.74 Å². The minimum absolute atomic E-state index is 0.00516. The number of hydrogen-bond acceptors (Lipinski definition) is 4. The average Bonchev–Trinajstić information content (AvgIpc) is 2.55. The molecule has 0 atom stereocenters. The third-order valence-electron chi connectivity index (χ3n) is 3.58. The zero-order chi connectivity index (χ0) is 18.9. The maximum atomic E-state index is 12.7. The first-order valence-electron chi connectivity index (χ1n) is 6.86. The first-order chi connectivity index (χ1) is 11.7. The third-order valence-corrected chi connectivity index (χ3v) is 4.25. The van der Waals surface area contributed by atoms with Crippen LogP contribution in [0.3, 0.4) is 0 Å². The maximum absolute atomic E-state index is 12.7. The SMILES string of the molecule is COc1c(Cl)cc(C(=O)c2cc(Cl)c(C)c(C(=O)O)c2)cc1C(=O)O. The van der Waals surface area contributed by atoms with Crippen molar-refractivity contribution in [3.05, 3.63) is 62.1 Å². The molecule has 0 radical (unpaired) electrons. The Kier molecular flexibility index (Phi) is 5.35. The van der Waals surface area contributed by atoms with Crippen LogP contribution in [-0.4, -0.2) is 35.0 Å². The fourth-order valence-corrected chi connectivity index (χ4v) is 2.81. The molecule has 130 valence electrons. The van der Waals surface area contributed by atoms with E-state index in [1.807, 2.05) is 0 Å². The van der Waals surface area contributed by atoms with Gasteiger partial charge in [0.05, 0.1) is 17.7 Å². The molecule has 0 aliphatic rings. The van der Waals surface area contributed by atoms with E-state index in [-0.39, 0.29) is 38.0 Å². The van der Waals surface area contributed by atoms with Crippen molar-refractivity contribution in [3.8, 4) is 5.75 Å². The average molecular weight is 383 g/mol. The van der Waals surface area contributed by atoms with E-state index in [9.17, 15) is 24.6 Å². The molecule has 0 spiro atoms. The van der Waals surface area contributed by atoms with Gasteiger partial charge in [0.2, 0.25) is 0 Å². The predicted octanol–water partition coefficient (Wildman–Crippen LogP) is 3.94. The van der Waals surface area contributed by atoms with E-state index in [0.717, 1.165) is 6.07 Å². The zero-order valence-electron chi connectivity index (χ0n) is 13.1. The highest BCUT2D eigenvalue weighted by Crippen LogP contribution is 2.32. The highest BCUT2D eigenvalue weighted by atomic mass is 35.5. The zero-order valence-corrected chi connectivity index (χ0v) is 14.6. The summed E-state index contributed by atoms with van der Waals surface area (Å²) < 4.78 is 4.94. The van der Waals surface area contributed by atoms with Gasteiger partial charge in [0.15, 0.2) is 11.5 Å². The lowest BCUT2D eigenvalue weighted by Gasteiger charge is -2.11. The van der Waals surface area contributed by atoms with Gasteiger partial charge in [-0.1, -0.05) is 23.2 Å². The number of benzene rings is 2. The number of hydrogen-bond donors (Lipinski definition) is 2. The van der Waals surface area contributed by atoms with Crippen molar-refractivity contribution in [1.82, 2.24) is 0 Å². The molecular weight excluding hydrogens is 371 g/mol. The molecule has 25 heavy (non-hydrogen) atoms. The van der Waals surface area contributed by atoms with Crippen LogP contribution in [0.15, 0.2) is 24.3 Å².